The second kappa shape index (κ2) is 4.49. The van der Waals surface area contributed by atoms with E-state index in [0.717, 1.165) is 6.54 Å². The normalized spacial score (nSPS) is 17.7. The predicted molar refractivity (Wildman–Crippen MR) is 66.8 cm³/mol. The molecule has 1 heterocycles. The van der Waals surface area contributed by atoms with Gasteiger partial charge in [-0.15, -0.1) is 0 Å². The largest absolute Gasteiger partial charge is 0.375 e. The van der Waals surface area contributed by atoms with Crippen LogP contribution in [-0.4, -0.2) is 31.1 Å². The molecule has 0 saturated heterocycles. The number of amides is 1. The zero-order valence-corrected chi connectivity index (χ0v) is 10.7. The molecule has 0 radical (unpaired) electrons. The highest BCUT2D eigenvalue weighted by Crippen LogP contribution is 2.32. The summed E-state index contributed by atoms with van der Waals surface area (Å²) in [7, 11) is 1.56. The van der Waals surface area contributed by atoms with Crippen molar-refractivity contribution in [3.05, 3.63) is 35.4 Å². The molecule has 2 rings (SSSR count). The minimum Gasteiger partial charge on any atom is -0.375 e. The number of hydrogen-bond acceptors (Lipinski definition) is 2. The summed E-state index contributed by atoms with van der Waals surface area (Å²) >= 11 is 0. The SMILES string of the molecule is COCC(=O)N1Cc2ccccc2C(C)(C)C1. The van der Waals surface area contributed by atoms with Crippen molar-refractivity contribution in [1.82, 2.24) is 4.90 Å². The zero-order valence-electron chi connectivity index (χ0n) is 10.7. The molecule has 92 valence electrons. The van der Waals surface area contributed by atoms with Crippen LogP contribution in [0.15, 0.2) is 24.3 Å². The van der Waals surface area contributed by atoms with Gasteiger partial charge in [-0.2, -0.15) is 0 Å². The van der Waals surface area contributed by atoms with Crippen molar-refractivity contribution in [2.45, 2.75) is 25.8 Å². The number of rotatable bonds is 2. The minimum atomic E-state index is 0.0121. The summed E-state index contributed by atoms with van der Waals surface area (Å²) in [6, 6.07) is 8.35. The maximum absolute atomic E-state index is 11.9. The van der Waals surface area contributed by atoms with Crippen LogP contribution in [-0.2, 0) is 21.5 Å². The molecule has 0 fully saturated rings. The third-order valence-corrected chi connectivity index (χ3v) is 3.31. The zero-order chi connectivity index (χ0) is 12.5. The maximum Gasteiger partial charge on any atom is 0.248 e. The number of carbonyl (C=O) groups excluding carboxylic acids is 1. The summed E-state index contributed by atoms with van der Waals surface area (Å²) in [5.74, 6) is 0.0649. The fourth-order valence-corrected chi connectivity index (χ4v) is 2.53. The van der Waals surface area contributed by atoms with Crippen molar-refractivity contribution < 1.29 is 9.53 Å². The van der Waals surface area contributed by atoms with Gasteiger partial charge < -0.3 is 9.64 Å². The molecule has 0 atom stereocenters. The van der Waals surface area contributed by atoms with E-state index in [-0.39, 0.29) is 17.9 Å². The molecule has 0 unspecified atom stereocenters. The van der Waals surface area contributed by atoms with Crippen LogP contribution in [0.3, 0.4) is 0 Å². The van der Waals surface area contributed by atoms with Crippen molar-refractivity contribution in [2.24, 2.45) is 0 Å². The topological polar surface area (TPSA) is 29.5 Å². The highest BCUT2D eigenvalue weighted by atomic mass is 16.5. The molecule has 0 bridgehead atoms. The first-order chi connectivity index (χ1) is 8.04. The first-order valence-electron chi connectivity index (χ1n) is 5.90. The summed E-state index contributed by atoms with van der Waals surface area (Å²) in [4.78, 5) is 13.8. The molecular weight excluding hydrogens is 214 g/mol. The van der Waals surface area contributed by atoms with E-state index in [1.54, 1.807) is 7.11 Å². The molecule has 3 nitrogen and oxygen atoms in total. The fourth-order valence-electron chi connectivity index (χ4n) is 2.53. The fraction of sp³-hybridized carbons (Fsp3) is 0.500. The van der Waals surface area contributed by atoms with E-state index >= 15 is 0 Å². The van der Waals surface area contributed by atoms with Gasteiger partial charge in [0.05, 0.1) is 0 Å². The number of nitrogens with zero attached hydrogens (tertiary/aromatic N) is 1. The van der Waals surface area contributed by atoms with Gasteiger partial charge in [0.15, 0.2) is 0 Å². The summed E-state index contributed by atoms with van der Waals surface area (Å²) < 4.78 is 4.92. The lowest BCUT2D eigenvalue weighted by Crippen LogP contribution is -2.46. The Kier molecular flexibility index (Phi) is 3.20. The molecule has 1 aliphatic heterocycles. The lowest BCUT2D eigenvalue weighted by atomic mass is 9.78. The van der Waals surface area contributed by atoms with E-state index in [1.807, 2.05) is 11.0 Å². The Morgan fingerprint density at radius 1 is 1.41 bits per heavy atom. The van der Waals surface area contributed by atoms with Crippen LogP contribution >= 0.6 is 0 Å². The van der Waals surface area contributed by atoms with E-state index in [1.165, 1.54) is 11.1 Å². The van der Waals surface area contributed by atoms with E-state index in [2.05, 4.69) is 32.0 Å². The summed E-state index contributed by atoms with van der Waals surface area (Å²) in [5, 5.41) is 0. The van der Waals surface area contributed by atoms with Gasteiger partial charge >= 0.3 is 0 Å². The third-order valence-electron chi connectivity index (χ3n) is 3.31. The smallest absolute Gasteiger partial charge is 0.248 e. The van der Waals surface area contributed by atoms with Crippen LogP contribution < -0.4 is 0 Å². The first-order valence-corrected chi connectivity index (χ1v) is 5.90. The Labute approximate surface area is 102 Å². The molecule has 1 aliphatic rings. The Bertz CT molecular complexity index is 426. The van der Waals surface area contributed by atoms with E-state index < -0.39 is 0 Å². The van der Waals surface area contributed by atoms with E-state index in [0.29, 0.717) is 6.54 Å². The Morgan fingerprint density at radius 2 is 2.12 bits per heavy atom. The second-order valence-electron chi connectivity index (χ2n) is 5.22. The van der Waals surface area contributed by atoms with Crippen LogP contribution in [0.25, 0.3) is 0 Å². The van der Waals surface area contributed by atoms with Gasteiger partial charge in [0.1, 0.15) is 6.61 Å². The van der Waals surface area contributed by atoms with Crippen LogP contribution in [0.5, 0.6) is 0 Å². The molecule has 0 spiro atoms. The highest BCUT2D eigenvalue weighted by molar-refractivity contribution is 5.78. The standard InChI is InChI=1S/C14H19NO2/c1-14(2)10-15(13(16)9-17-3)8-11-6-4-5-7-12(11)14/h4-7H,8-10H2,1-3H3. The minimum absolute atomic E-state index is 0.0121. The van der Waals surface area contributed by atoms with Gasteiger partial charge in [-0.05, 0) is 11.1 Å². The summed E-state index contributed by atoms with van der Waals surface area (Å²) in [6.45, 7) is 5.97. The Balaban J connectivity index is 2.28. The number of benzene rings is 1. The molecule has 0 N–H and O–H groups in total. The summed E-state index contributed by atoms with van der Waals surface area (Å²) in [6.07, 6.45) is 0. The highest BCUT2D eigenvalue weighted by Gasteiger charge is 2.33. The van der Waals surface area contributed by atoms with Crippen LogP contribution in [0.2, 0.25) is 0 Å². The number of ether oxygens (including phenoxy) is 1. The lowest BCUT2D eigenvalue weighted by molar-refractivity contribution is -0.137. The first kappa shape index (κ1) is 12.1. The van der Waals surface area contributed by atoms with Crippen molar-refractivity contribution in [2.75, 3.05) is 20.3 Å². The Hall–Kier alpha value is -1.35. The van der Waals surface area contributed by atoms with E-state index in [9.17, 15) is 4.79 Å². The number of hydrogen-bond donors (Lipinski definition) is 0. The lowest BCUT2D eigenvalue weighted by Gasteiger charge is -2.39. The van der Waals surface area contributed by atoms with Gasteiger partial charge in [0, 0.05) is 25.6 Å². The molecule has 0 saturated carbocycles. The van der Waals surface area contributed by atoms with Crippen molar-refractivity contribution in [3.63, 3.8) is 0 Å². The monoisotopic (exact) mass is 233 g/mol. The molecule has 0 aromatic heterocycles. The van der Waals surface area contributed by atoms with Crippen molar-refractivity contribution in [1.29, 1.82) is 0 Å². The number of methoxy groups -OCH3 is 1. The molecule has 1 amide bonds. The molecule has 1 aromatic carbocycles. The summed E-state index contributed by atoms with van der Waals surface area (Å²) in [5.41, 5.74) is 2.60. The molecule has 1 aromatic rings. The van der Waals surface area contributed by atoms with Gasteiger partial charge in [-0.3, -0.25) is 4.79 Å². The second-order valence-corrected chi connectivity index (χ2v) is 5.22. The van der Waals surface area contributed by atoms with Gasteiger partial charge in [0.2, 0.25) is 5.91 Å². The van der Waals surface area contributed by atoms with E-state index in [4.69, 9.17) is 4.74 Å². The number of fused-ring (bicyclic) bond motifs is 1. The maximum atomic E-state index is 11.9. The Morgan fingerprint density at radius 3 is 2.82 bits per heavy atom. The number of carbonyl (C=O) groups is 1. The van der Waals surface area contributed by atoms with Crippen molar-refractivity contribution >= 4 is 5.91 Å². The molecule has 0 aliphatic carbocycles. The predicted octanol–water partition coefficient (Wildman–Crippen LogP) is 1.95. The quantitative estimate of drug-likeness (QED) is 0.781. The van der Waals surface area contributed by atoms with Crippen molar-refractivity contribution in [3.8, 4) is 0 Å². The molecule has 17 heavy (non-hydrogen) atoms. The molecule has 3 heteroatoms. The van der Waals surface area contributed by atoms with Crippen LogP contribution in [0.4, 0.5) is 0 Å². The van der Waals surface area contributed by atoms with Gasteiger partial charge in [0.25, 0.3) is 0 Å². The van der Waals surface area contributed by atoms with Gasteiger partial charge in [-0.25, -0.2) is 0 Å². The van der Waals surface area contributed by atoms with Crippen LogP contribution in [0, 0.1) is 0 Å². The molecular formula is C14H19NO2. The van der Waals surface area contributed by atoms with Crippen LogP contribution in [0.1, 0.15) is 25.0 Å². The average molecular weight is 233 g/mol. The van der Waals surface area contributed by atoms with Gasteiger partial charge in [-0.1, -0.05) is 38.1 Å². The average Bonchev–Trinajstić information content (AvgIpc) is 2.28. The third kappa shape index (κ3) is 2.34.